The topological polar surface area (TPSA) is 88.0 Å². The lowest BCUT2D eigenvalue weighted by atomic mass is 10.2. The predicted molar refractivity (Wildman–Crippen MR) is 81.0 cm³/mol. The normalized spacial score (nSPS) is 17.9. The number of amides is 1. The van der Waals surface area contributed by atoms with Crippen molar-refractivity contribution in [2.75, 3.05) is 25.5 Å². The quantitative estimate of drug-likeness (QED) is 0.626. The molecule has 0 saturated carbocycles. The van der Waals surface area contributed by atoms with Crippen LogP contribution in [0.15, 0.2) is 29.3 Å². The van der Waals surface area contributed by atoms with E-state index in [0.717, 1.165) is 25.1 Å². The van der Waals surface area contributed by atoms with E-state index in [1.165, 1.54) is 0 Å². The summed E-state index contributed by atoms with van der Waals surface area (Å²) in [5, 5.41) is 0. The zero-order chi connectivity index (χ0) is 14.7. The highest BCUT2D eigenvalue weighted by Gasteiger charge is 2.31. The van der Waals surface area contributed by atoms with Crippen LogP contribution in [0.2, 0.25) is 0 Å². The van der Waals surface area contributed by atoms with Crippen molar-refractivity contribution in [2.45, 2.75) is 18.9 Å². The molecule has 1 aliphatic heterocycles. The fourth-order valence-corrected chi connectivity index (χ4v) is 2.50. The number of hydrogen-bond acceptors (Lipinski definition) is 3. The number of nitrogens with zero attached hydrogens (tertiary/aromatic N) is 3. The number of nitrogens with two attached hydrogens (primary N) is 2. The van der Waals surface area contributed by atoms with Crippen LogP contribution in [0.5, 0.6) is 0 Å². The third-order valence-electron chi connectivity index (χ3n) is 3.42. The molecule has 4 N–H and O–H groups in total. The first kappa shape index (κ1) is 14.2. The Balaban J connectivity index is 2.18. The van der Waals surface area contributed by atoms with Crippen molar-refractivity contribution in [3.05, 3.63) is 24.3 Å². The number of likely N-dealkylation sites (N-methyl/N-ethyl adjacent to an activating group) is 1. The summed E-state index contributed by atoms with van der Waals surface area (Å²) >= 11 is 0. The first-order chi connectivity index (χ1) is 9.49. The Morgan fingerprint density at radius 3 is 2.50 bits per heavy atom. The molecule has 1 atom stereocenters. The zero-order valence-electron chi connectivity index (χ0n) is 11.9. The van der Waals surface area contributed by atoms with Gasteiger partial charge >= 0.3 is 0 Å². The largest absolute Gasteiger partial charge is 0.370 e. The van der Waals surface area contributed by atoms with Gasteiger partial charge in [0.1, 0.15) is 6.04 Å². The number of benzene rings is 1. The van der Waals surface area contributed by atoms with Crippen LogP contribution in [-0.4, -0.2) is 43.4 Å². The first-order valence-corrected chi connectivity index (χ1v) is 6.66. The minimum atomic E-state index is -0.0704. The molecule has 108 valence electrons. The van der Waals surface area contributed by atoms with Crippen molar-refractivity contribution in [3.8, 4) is 0 Å². The molecule has 0 radical (unpaired) electrons. The maximum atomic E-state index is 12.2. The highest BCUT2D eigenvalue weighted by molar-refractivity contribution is 5.85. The molecule has 1 fully saturated rings. The fourth-order valence-electron chi connectivity index (χ4n) is 2.50. The van der Waals surface area contributed by atoms with Gasteiger partial charge in [0.25, 0.3) is 0 Å². The second kappa shape index (κ2) is 5.81. The van der Waals surface area contributed by atoms with E-state index in [1.54, 1.807) is 19.0 Å². The van der Waals surface area contributed by atoms with Gasteiger partial charge in [-0.15, -0.1) is 0 Å². The van der Waals surface area contributed by atoms with Gasteiger partial charge in [0.2, 0.25) is 5.91 Å². The summed E-state index contributed by atoms with van der Waals surface area (Å²) in [5.74, 6) is 0.190. The number of rotatable bonds is 3. The first-order valence-electron chi connectivity index (χ1n) is 6.66. The van der Waals surface area contributed by atoms with Gasteiger partial charge in [0, 0.05) is 26.3 Å². The van der Waals surface area contributed by atoms with Gasteiger partial charge < -0.3 is 21.3 Å². The van der Waals surface area contributed by atoms with Crippen molar-refractivity contribution in [2.24, 2.45) is 16.5 Å². The molecule has 0 aliphatic carbocycles. The second-order valence-corrected chi connectivity index (χ2v) is 5.14. The van der Waals surface area contributed by atoms with Crippen molar-refractivity contribution in [1.82, 2.24) is 4.90 Å². The lowest BCUT2D eigenvalue weighted by Crippen LogP contribution is -2.42. The summed E-state index contributed by atoms with van der Waals surface area (Å²) in [7, 11) is 3.58. The third-order valence-corrected chi connectivity index (χ3v) is 3.42. The van der Waals surface area contributed by atoms with E-state index in [9.17, 15) is 4.79 Å². The maximum Gasteiger partial charge on any atom is 0.244 e. The molecule has 1 aromatic rings. The Morgan fingerprint density at radius 1 is 1.30 bits per heavy atom. The average Bonchev–Trinajstić information content (AvgIpc) is 2.87. The second-order valence-electron chi connectivity index (χ2n) is 5.14. The number of aliphatic imine (C=N–C) groups is 1. The third kappa shape index (κ3) is 3.01. The molecule has 2 rings (SSSR count). The van der Waals surface area contributed by atoms with Crippen LogP contribution in [0.4, 0.5) is 11.4 Å². The van der Waals surface area contributed by atoms with Crippen molar-refractivity contribution < 1.29 is 4.79 Å². The molecule has 20 heavy (non-hydrogen) atoms. The molecule has 1 aromatic carbocycles. The minimum absolute atomic E-state index is 0.0413. The highest BCUT2D eigenvalue weighted by atomic mass is 16.2. The molecule has 0 unspecified atom stereocenters. The van der Waals surface area contributed by atoms with Crippen LogP contribution in [-0.2, 0) is 4.79 Å². The van der Waals surface area contributed by atoms with Gasteiger partial charge in [-0.1, -0.05) is 0 Å². The van der Waals surface area contributed by atoms with Gasteiger partial charge in [-0.3, -0.25) is 4.79 Å². The summed E-state index contributed by atoms with van der Waals surface area (Å²) in [6, 6.07) is 7.53. The minimum Gasteiger partial charge on any atom is -0.370 e. The Morgan fingerprint density at radius 2 is 1.95 bits per heavy atom. The number of anilines is 1. The van der Waals surface area contributed by atoms with Crippen LogP contribution in [0, 0.1) is 0 Å². The summed E-state index contributed by atoms with van der Waals surface area (Å²) in [6.45, 7) is 0.895. The van der Waals surface area contributed by atoms with E-state index in [2.05, 4.69) is 9.89 Å². The molecule has 0 bridgehead atoms. The molecule has 1 aliphatic rings. The Kier molecular flexibility index (Phi) is 4.12. The lowest BCUT2D eigenvalue weighted by Gasteiger charge is -2.28. The molecular formula is C14H21N5O. The van der Waals surface area contributed by atoms with E-state index in [1.807, 2.05) is 24.3 Å². The van der Waals surface area contributed by atoms with Gasteiger partial charge in [-0.25, -0.2) is 4.99 Å². The molecule has 0 spiro atoms. The summed E-state index contributed by atoms with van der Waals surface area (Å²) in [6.07, 6.45) is 1.92. The SMILES string of the molecule is CN(C)C(=O)[C@@H]1CCCN1c1ccc(N=C(N)N)cc1. The van der Waals surface area contributed by atoms with Crippen LogP contribution in [0.1, 0.15) is 12.8 Å². The summed E-state index contributed by atoms with van der Waals surface area (Å²) in [4.78, 5) is 19.9. The highest BCUT2D eigenvalue weighted by Crippen LogP contribution is 2.28. The molecule has 0 aromatic heterocycles. The molecule has 1 saturated heterocycles. The van der Waals surface area contributed by atoms with Crippen molar-refractivity contribution in [3.63, 3.8) is 0 Å². The molecular weight excluding hydrogens is 254 g/mol. The summed E-state index contributed by atoms with van der Waals surface area (Å²) < 4.78 is 0. The van der Waals surface area contributed by atoms with E-state index in [0.29, 0.717) is 5.69 Å². The van der Waals surface area contributed by atoms with E-state index in [4.69, 9.17) is 11.5 Å². The standard InChI is InChI=1S/C14H21N5O/c1-18(2)13(20)12-4-3-9-19(12)11-7-5-10(6-8-11)17-14(15)16/h5-8,12H,3-4,9H2,1-2H3,(H4,15,16,17)/t12-/m0/s1. The molecule has 6 nitrogen and oxygen atoms in total. The lowest BCUT2D eigenvalue weighted by molar-refractivity contribution is -0.129. The molecule has 1 amide bonds. The van der Waals surface area contributed by atoms with E-state index < -0.39 is 0 Å². The van der Waals surface area contributed by atoms with Crippen LogP contribution in [0.3, 0.4) is 0 Å². The monoisotopic (exact) mass is 275 g/mol. The van der Waals surface area contributed by atoms with Crippen molar-refractivity contribution >= 4 is 23.2 Å². The Hall–Kier alpha value is -2.24. The number of guanidine groups is 1. The molecule has 6 heteroatoms. The van der Waals surface area contributed by atoms with Gasteiger partial charge in [0.05, 0.1) is 5.69 Å². The zero-order valence-corrected chi connectivity index (χ0v) is 11.9. The Labute approximate surface area is 119 Å². The van der Waals surface area contributed by atoms with Crippen LogP contribution < -0.4 is 16.4 Å². The van der Waals surface area contributed by atoms with Crippen LogP contribution >= 0.6 is 0 Å². The van der Waals surface area contributed by atoms with E-state index in [-0.39, 0.29) is 17.9 Å². The smallest absolute Gasteiger partial charge is 0.244 e. The summed E-state index contributed by atoms with van der Waals surface area (Å²) in [5.41, 5.74) is 12.4. The predicted octanol–water partition coefficient (Wildman–Crippen LogP) is 0.649. The van der Waals surface area contributed by atoms with E-state index >= 15 is 0 Å². The number of hydrogen-bond donors (Lipinski definition) is 2. The van der Waals surface area contributed by atoms with Crippen LogP contribution in [0.25, 0.3) is 0 Å². The van der Waals surface area contributed by atoms with Crippen molar-refractivity contribution in [1.29, 1.82) is 0 Å². The van der Waals surface area contributed by atoms with Gasteiger partial charge in [0.15, 0.2) is 5.96 Å². The average molecular weight is 275 g/mol. The fraction of sp³-hybridized carbons (Fsp3) is 0.429. The van der Waals surface area contributed by atoms with Gasteiger partial charge in [-0.05, 0) is 37.1 Å². The Bertz CT molecular complexity index is 505. The number of carbonyl (C=O) groups excluding carboxylic acids is 1. The molecule has 1 heterocycles. The van der Waals surface area contributed by atoms with Gasteiger partial charge in [-0.2, -0.15) is 0 Å². The number of carbonyl (C=O) groups is 1. The maximum absolute atomic E-state index is 12.2.